The highest BCUT2D eigenvalue weighted by atomic mass is 16.1. The summed E-state index contributed by atoms with van der Waals surface area (Å²) >= 11 is 0. The van der Waals surface area contributed by atoms with Gasteiger partial charge in [0.2, 0.25) is 0 Å². The van der Waals surface area contributed by atoms with Crippen molar-refractivity contribution in [2.24, 2.45) is 0 Å². The van der Waals surface area contributed by atoms with Crippen LogP contribution in [0.15, 0.2) is 24.3 Å². The van der Waals surface area contributed by atoms with Gasteiger partial charge in [-0.25, -0.2) is 0 Å². The highest BCUT2D eigenvalue weighted by molar-refractivity contribution is 5.50. The number of hydrogen-bond donors (Lipinski definition) is 0. The molecule has 1 fully saturated rings. The molecule has 0 spiro atoms. The monoisotopic (exact) mass is 232 g/mol. The lowest BCUT2D eigenvalue weighted by atomic mass is 10.2. The van der Waals surface area contributed by atoms with Gasteiger partial charge in [-0.05, 0) is 24.6 Å². The molecule has 92 valence electrons. The van der Waals surface area contributed by atoms with Crippen molar-refractivity contribution >= 4 is 12.0 Å². The van der Waals surface area contributed by atoms with Crippen LogP contribution in [0.25, 0.3) is 0 Å². The van der Waals surface area contributed by atoms with E-state index in [0.29, 0.717) is 6.42 Å². The zero-order valence-electron chi connectivity index (χ0n) is 10.4. The van der Waals surface area contributed by atoms with Crippen molar-refractivity contribution in [3.05, 3.63) is 29.8 Å². The molecule has 1 aromatic carbocycles. The van der Waals surface area contributed by atoms with Gasteiger partial charge in [0, 0.05) is 44.8 Å². The van der Waals surface area contributed by atoms with Crippen molar-refractivity contribution in [3.8, 4) is 0 Å². The van der Waals surface area contributed by atoms with E-state index in [2.05, 4.69) is 41.0 Å². The van der Waals surface area contributed by atoms with Gasteiger partial charge in [-0.2, -0.15) is 0 Å². The molecule has 0 radical (unpaired) electrons. The zero-order valence-corrected chi connectivity index (χ0v) is 10.4. The Hall–Kier alpha value is -1.35. The van der Waals surface area contributed by atoms with Crippen LogP contribution in [0.4, 0.5) is 5.69 Å². The third-order valence-electron chi connectivity index (χ3n) is 3.30. The van der Waals surface area contributed by atoms with Crippen molar-refractivity contribution in [2.45, 2.75) is 13.3 Å². The first-order valence-electron chi connectivity index (χ1n) is 6.27. The highest BCUT2D eigenvalue weighted by Crippen LogP contribution is 2.17. The molecule has 0 N–H and O–H groups in total. The minimum atomic E-state index is 0.657. The van der Waals surface area contributed by atoms with Gasteiger partial charge >= 0.3 is 0 Å². The third-order valence-corrected chi connectivity index (χ3v) is 3.30. The van der Waals surface area contributed by atoms with Gasteiger partial charge in [-0.1, -0.05) is 12.1 Å². The molecule has 3 nitrogen and oxygen atoms in total. The van der Waals surface area contributed by atoms with Crippen LogP contribution in [-0.4, -0.2) is 43.9 Å². The number of hydrogen-bond acceptors (Lipinski definition) is 3. The van der Waals surface area contributed by atoms with Gasteiger partial charge in [0.25, 0.3) is 0 Å². The molecule has 1 aliphatic heterocycles. The number of aldehydes is 1. The van der Waals surface area contributed by atoms with E-state index in [-0.39, 0.29) is 0 Å². The third kappa shape index (κ3) is 3.30. The Morgan fingerprint density at radius 3 is 2.65 bits per heavy atom. The highest BCUT2D eigenvalue weighted by Gasteiger charge is 2.16. The quantitative estimate of drug-likeness (QED) is 0.738. The summed E-state index contributed by atoms with van der Waals surface area (Å²) in [4.78, 5) is 15.1. The van der Waals surface area contributed by atoms with E-state index in [0.717, 1.165) is 39.0 Å². The summed E-state index contributed by atoms with van der Waals surface area (Å²) in [7, 11) is 0. The lowest BCUT2D eigenvalue weighted by molar-refractivity contribution is -0.108. The molecular weight excluding hydrogens is 212 g/mol. The molecule has 2 rings (SSSR count). The molecule has 3 heteroatoms. The van der Waals surface area contributed by atoms with E-state index in [1.807, 2.05) is 0 Å². The van der Waals surface area contributed by atoms with Crippen LogP contribution >= 0.6 is 0 Å². The number of nitrogens with zero attached hydrogens (tertiary/aromatic N) is 2. The van der Waals surface area contributed by atoms with Gasteiger partial charge in [0.05, 0.1) is 0 Å². The Balaban J connectivity index is 1.88. The number of aryl methyl sites for hydroxylation is 1. The predicted molar refractivity (Wildman–Crippen MR) is 70.5 cm³/mol. The van der Waals surface area contributed by atoms with Crippen molar-refractivity contribution in [1.82, 2.24) is 4.90 Å². The van der Waals surface area contributed by atoms with E-state index in [9.17, 15) is 4.79 Å². The first-order chi connectivity index (χ1) is 8.29. The molecule has 1 aliphatic rings. The maximum atomic E-state index is 10.3. The van der Waals surface area contributed by atoms with E-state index in [1.54, 1.807) is 0 Å². The van der Waals surface area contributed by atoms with Crippen molar-refractivity contribution in [1.29, 1.82) is 0 Å². The summed E-state index contributed by atoms with van der Waals surface area (Å²) in [5.74, 6) is 0. The van der Waals surface area contributed by atoms with E-state index in [4.69, 9.17) is 0 Å². The summed E-state index contributed by atoms with van der Waals surface area (Å²) in [5.41, 5.74) is 2.63. The zero-order chi connectivity index (χ0) is 12.1. The molecule has 0 aromatic heterocycles. The number of carbonyl (C=O) groups excluding carboxylic acids is 1. The number of carbonyl (C=O) groups is 1. The molecule has 0 atom stereocenters. The molecule has 1 aromatic rings. The lowest BCUT2D eigenvalue weighted by Crippen LogP contribution is -2.46. The predicted octanol–water partition coefficient (Wildman–Crippen LogP) is 1.71. The molecular formula is C14H20N2O. The molecule has 1 saturated heterocycles. The van der Waals surface area contributed by atoms with Crippen molar-refractivity contribution in [2.75, 3.05) is 37.6 Å². The fourth-order valence-electron chi connectivity index (χ4n) is 2.29. The van der Waals surface area contributed by atoms with Crippen LogP contribution in [0.5, 0.6) is 0 Å². The maximum absolute atomic E-state index is 10.3. The van der Waals surface area contributed by atoms with Gasteiger partial charge in [0.1, 0.15) is 6.29 Å². The molecule has 0 bridgehead atoms. The smallest absolute Gasteiger partial charge is 0.121 e. The first kappa shape index (κ1) is 12.1. The van der Waals surface area contributed by atoms with Crippen LogP contribution < -0.4 is 4.90 Å². The summed E-state index contributed by atoms with van der Waals surface area (Å²) in [6.45, 7) is 7.27. The van der Waals surface area contributed by atoms with Gasteiger partial charge in [0.15, 0.2) is 0 Å². The number of benzene rings is 1. The Kier molecular flexibility index (Phi) is 4.15. The molecule has 17 heavy (non-hydrogen) atoms. The topological polar surface area (TPSA) is 23.6 Å². The Morgan fingerprint density at radius 2 is 2.00 bits per heavy atom. The normalized spacial score (nSPS) is 17.1. The van der Waals surface area contributed by atoms with E-state index in [1.165, 1.54) is 11.3 Å². The minimum Gasteiger partial charge on any atom is -0.369 e. The molecule has 0 saturated carbocycles. The second-order valence-corrected chi connectivity index (χ2v) is 4.62. The van der Waals surface area contributed by atoms with Crippen molar-refractivity contribution < 1.29 is 4.79 Å². The van der Waals surface area contributed by atoms with Gasteiger partial charge in [-0.3, -0.25) is 4.90 Å². The average Bonchev–Trinajstić information content (AvgIpc) is 2.37. The molecule has 0 aliphatic carbocycles. The van der Waals surface area contributed by atoms with Crippen LogP contribution in [0.2, 0.25) is 0 Å². The van der Waals surface area contributed by atoms with E-state index >= 15 is 0 Å². The minimum absolute atomic E-state index is 0.657. The number of piperazine rings is 1. The summed E-state index contributed by atoms with van der Waals surface area (Å²) in [6.07, 6.45) is 1.66. The molecule has 0 unspecified atom stereocenters. The standard InChI is InChI=1S/C14H20N2O/c1-13-4-2-5-14(12-13)16-9-7-15(8-10-16)6-3-11-17/h2,4-5,11-12H,3,6-10H2,1H3. The van der Waals surface area contributed by atoms with Crippen molar-refractivity contribution in [3.63, 3.8) is 0 Å². The van der Waals surface area contributed by atoms with Crippen LogP contribution in [0.1, 0.15) is 12.0 Å². The largest absolute Gasteiger partial charge is 0.369 e. The van der Waals surface area contributed by atoms with Gasteiger partial charge in [-0.15, -0.1) is 0 Å². The van der Waals surface area contributed by atoms with Crippen LogP contribution in [-0.2, 0) is 4.79 Å². The molecule has 0 amide bonds. The Bertz CT molecular complexity index is 370. The maximum Gasteiger partial charge on any atom is 0.121 e. The van der Waals surface area contributed by atoms with E-state index < -0.39 is 0 Å². The fourth-order valence-corrected chi connectivity index (χ4v) is 2.29. The van der Waals surface area contributed by atoms with Crippen LogP contribution in [0.3, 0.4) is 0 Å². The Morgan fingerprint density at radius 1 is 1.24 bits per heavy atom. The SMILES string of the molecule is Cc1cccc(N2CCN(CCC=O)CC2)c1. The fraction of sp³-hybridized carbons (Fsp3) is 0.500. The average molecular weight is 232 g/mol. The number of anilines is 1. The summed E-state index contributed by atoms with van der Waals surface area (Å²) in [5, 5.41) is 0. The lowest BCUT2D eigenvalue weighted by Gasteiger charge is -2.36. The summed E-state index contributed by atoms with van der Waals surface area (Å²) in [6, 6.07) is 8.66. The second kappa shape index (κ2) is 5.82. The molecule has 1 heterocycles. The second-order valence-electron chi connectivity index (χ2n) is 4.62. The van der Waals surface area contributed by atoms with Gasteiger partial charge < -0.3 is 9.69 Å². The Labute approximate surface area is 103 Å². The van der Waals surface area contributed by atoms with Crippen LogP contribution in [0, 0.1) is 6.92 Å². The first-order valence-corrected chi connectivity index (χ1v) is 6.27. The number of rotatable bonds is 4. The summed E-state index contributed by atoms with van der Waals surface area (Å²) < 4.78 is 0.